The van der Waals surface area contributed by atoms with Crippen molar-refractivity contribution in [2.24, 2.45) is 11.8 Å². The highest BCUT2D eigenvalue weighted by atomic mass is 35.5. The molecular formula is C13H22ClNO2. The van der Waals surface area contributed by atoms with E-state index in [0.29, 0.717) is 19.1 Å². The lowest BCUT2D eigenvalue weighted by atomic mass is 9.78. The molecule has 3 nitrogen and oxygen atoms in total. The number of amides is 1. The lowest BCUT2D eigenvalue weighted by Gasteiger charge is -2.39. The molecule has 4 heteroatoms. The summed E-state index contributed by atoms with van der Waals surface area (Å²) in [7, 11) is 0. The Kier molecular flexibility index (Phi) is 4.31. The Morgan fingerprint density at radius 1 is 1.41 bits per heavy atom. The van der Waals surface area contributed by atoms with Gasteiger partial charge in [0.15, 0.2) is 0 Å². The molecular weight excluding hydrogens is 238 g/mol. The van der Waals surface area contributed by atoms with Crippen molar-refractivity contribution in [3.63, 3.8) is 0 Å². The summed E-state index contributed by atoms with van der Waals surface area (Å²) in [5.74, 6) is 1.46. The molecule has 1 aliphatic carbocycles. The largest absolute Gasteiger partial charge is 0.381 e. The van der Waals surface area contributed by atoms with Crippen molar-refractivity contribution in [3.05, 3.63) is 0 Å². The quantitative estimate of drug-likeness (QED) is 0.790. The van der Waals surface area contributed by atoms with Gasteiger partial charge in [0.2, 0.25) is 5.91 Å². The van der Waals surface area contributed by atoms with E-state index >= 15 is 0 Å². The Bertz CT molecular complexity index is 269. The zero-order chi connectivity index (χ0) is 12.3. The van der Waals surface area contributed by atoms with E-state index in [1.807, 2.05) is 0 Å². The van der Waals surface area contributed by atoms with Gasteiger partial charge >= 0.3 is 0 Å². The first-order chi connectivity index (χ1) is 8.15. The zero-order valence-electron chi connectivity index (χ0n) is 10.5. The maximum atomic E-state index is 12.1. The van der Waals surface area contributed by atoms with Crippen molar-refractivity contribution in [2.75, 3.05) is 19.1 Å². The lowest BCUT2D eigenvalue weighted by molar-refractivity contribution is -0.127. The van der Waals surface area contributed by atoms with Crippen LogP contribution < -0.4 is 5.32 Å². The van der Waals surface area contributed by atoms with Crippen LogP contribution in [-0.4, -0.2) is 30.5 Å². The monoisotopic (exact) mass is 259 g/mol. The number of nitrogens with one attached hydrogen (secondary N) is 1. The van der Waals surface area contributed by atoms with Crippen LogP contribution in [0.15, 0.2) is 0 Å². The Balaban J connectivity index is 1.92. The SMILES string of the molecule is CC1CCC(CCl)(NC(=O)C2CCOC2)CC1. The fraction of sp³-hybridized carbons (Fsp3) is 0.923. The molecule has 0 aromatic rings. The van der Waals surface area contributed by atoms with E-state index in [9.17, 15) is 4.79 Å². The van der Waals surface area contributed by atoms with Crippen LogP contribution in [0, 0.1) is 11.8 Å². The first-order valence-corrected chi connectivity index (χ1v) is 7.14. The zero-order valence-corrected chi connectivity index (χ0v) is 11.3. The molecule has 1 saturated heterocycles. The Morgan fingerprint density at radius 2 is 2.12 bits per heavy atom. The van der Waals surface area contributed by atoms with E-state index in [1.54, 1.807) is 0 Å². The number of carbonyl (C=O) groups excluding carboxylic acids is 1. The minimum Gasteiger partial charge on any atom is -0.381 e. The van der Waals surface area contributed by atoms with Crippen molar-refractivity contribution >= 4 is 17.5 Å². The van der Waals surface area contributed by atoms with Gasteiger partial charge in [0, 0.05) is 12.5 Å². The van der Waals surface area contributed by atoms with Crippen LogP contribution in [0.1, 0.15) is 39.0 Å². The van der Waals surface area contributed by atoms with Crippen molar-refractivity contribution in [3.8, 4) is 0 Å². The third-order valence-electron chi connectivity index (χ3n) is 4.18. The number of ether oxygens (including phenoxy) is 1. The standard InChI is InChI=1S/C13H22ClNO2/c1-10-2-5-13(9-14,6-3-10)15-12(16)11-4-7-17-8-11/h10-11H,2-9H2,1H3,(H,15,16). The van der Waals surface area contributed by atoms with Gasteiger partial charge in [-0.2, -0.15) is 0 Å². The molecule has 0 spiro atoms. The minimum atomic E-state index is -0.159. The molecule has 17 heavy (non-hydrogen) atoms. The highest BCUT2D eigenvalue weighted by molar-refractivity contribution is 6.18. The summed E-state index contributed by atoms with van der Waals surface area (Å²) >= 11 is 6.09. The molecule has 1 atom stereocenters. The summed E-state index contributed by atoms with van der Waals surface area (Å²) in [5.41, 5.74) is -0.159. The number of halogens is 1. The van der Waals surface area contributed by atoms with Gasteiger partial charge in [-0.05, 0) is 38.0 Å². The summed E-state index contributed by atoms with van der Waals surface area (Å²) in [6.07, 6.45) is 5.19. The Morgan fingerprint density at radius 3 is 2.65 bits per heavy atom. The molecule has 1 N–H and O–H groups in total. The van der Waals surface area contributed by atoms with E-state index in [0.717, 1.165) is 38.0 Å². The van der Waals surface area contributed by atoms with Crippen LogP contribution in [0.3, 0.4) is 0 Å². The third-order valence-corrected chi connectivity index (χ3v) is 4.69. The first-order valence-electron chi connectivity index (χ1n) is 6.61. The highest BCUT2D eigenvalue weighted by Gasteiger charge is 2.37. The van der Waals surface area contributed by atoms with Gasteiger partial charge in [-0.1, -0.05) is 6.92 Å². The van der Waals surface area contributed by atoms with E-state index in [4.69, 9.17) is 16.3 Å². The number of rotatable bonds is 3. The number of carbonyl (C=O) groups is 1. The van der Waals surface area contributed by atoms with E-state index in [2.05, 4.69) is 12.2 Å². The van der Waals surface area contributed by atoms with Crippen molar-refractivity contribution in [1.82, 2.24) is 5.32 Å². The predicted octanol–water partition coefficient (Wildman–Crippen LogP) is 2.33. The molecule has 0 aromatic heterocycles. The van der Waals surface area contributed by atoms with E-state index in [1.165, 1.54) is 0 Å². The normalized spacial score (nSPS) is 38.0. The topological polar surface area (TPSA) is 38.3 Å². The average Bonchev–Trinajstić information content (AvgIpc) is 2.86. The molecule has 1 aliphatic heterocycles. The lowest BCUT2D eigenvalue weighted by Crippen LogP contribution is -2.53. The number of alkyl halides is 1. The van der Waals surface area contributed by atoms with Gasteiger partial charge in [0.05, 0.1) is 18.1 Å². The Hall–Kier alpha value is -0.280. The summed E-state index contributed by atoms with van der Waals surface area (Å²) in [6, 6.07) is 0. The average molecular weight is 260 g/mol. The molecule has 0 radical (unpaired) electrons. The minimum absolute atomic E-state index is 0.0365. The van der Waals surface area contributed by atoms with Crippen LogP contribution in [0.2, 0.25) is 0 Å². The predicted molar refractivity (Wildman–Crippen MR) is 68.2 cm³/mol. The fourth-order valence-corrected chi connectivity index (χ4v) is 3.05. The molecule has 1 heterocycles. The molecule has 1 unspecified atom stereocenters. The summed E-state index contributed by atoms with van der Waals surface area (Å²) in [6.45, 7) is 3.55. The van der Waals surface area contributed by atoms with Gasteiger partial charge in [-0.25, -0.2) is 0 Å². The van der Waals surface area contributed by atoms with Gasteiger partial charge in [-0.3, -0.25) is 4.79 Å². The van der Waals surface area contributed by atoms with Gasteiger partial charge in [0.25, 0.3) is 0 Å². The second-order valence-corrected chi connectivity index (χ2v) is 5.91. The maximum absolute atomic E-state index is 12.1. The molecule has 2 fully saturated rings. The molecule has 1 saturated carbocycles. The van der Waals surface area contributed by atoms with E-state index in [-0.39, 0.29) is 17.4 Å². The second-order valence-electron chi connectivity index (χ2n) is 5.65. The summed E-state index contributed by atoms with van der Waals surface area (Å²) in [4.78, 5) is 12.1. The van der Waals surface area contributed by atoms with Crippen LogP contribution in [-0.2, 0) is 9.53 Å². The van der Waals surface area contributed by atoms with Crippen LogP contribution in [0.5, 0.6) is 0 Å². The first kappa shape index (κ1) is 13.2. The molecule has 0 bridgehead atoms. The number of hydrogen-bond donors (Lipinski definition) is 1. The molecule has 1 amide bonds. The molecule has 0 aromatic carbocycles. The van der Waals surface area contributed by atoms with Crippen LogP contribution in [0.25, 0.3) is 0 Å². The molecule has 2 rings (SSSR count). The highest BCUT2D eigenvalue weighted by Crippen LogP contribution is 2.33. The van der Waals surface area contributed by atoms with Crippen molar-refractivity contribution in [2.45, 2.75) is 44.6 Å². The van der Waals surface area contributed by atoms with E-state index < -0.39 is 0 Å². The second kappa shape index (κ2) is 5.57. The smallest absolute Gasteiger partial charge is 0.225 e. The van der Waals surface area contributed by atoms with Crippen LogP contribution >= 0.6 is 11.6 Å². The van der Waals surface area contributed by atoms with Crippen molar-refractivity contribution in [1.29, 1.82) is 0 Å². The van der Waals surface area contributed by atoms with Gasteiger partial charge in [-0.15, -0.1) is 11.6 Å². The third kappa shape index (κ3) is 3.14. The van der Waals surface area contributed by atoms with Crippen molar-refractivity contribution < 1.29 is 9.53 Å². The fourth-order valence-electron chi connectivity index (χ4n) is 2.71. The maximum Gasteiger partial charge on any atom is 0.225 e. The van der Waals surface area contributed by atoms with Gasteiger partial charge in [0.1, 0.15) is 0 Å². The molecule has 98 valence electrons. The number of hydrogen-bond acceptors (Lipinski definition) is 2. The van der Waals surface area contributed by atoms with Gasteiger partial charge < -0.3 is 10.1 Å². The summed E-state index contributed by atoms with van der Waals surface area (Å²) in [5, 5.41) is 3.19. The summed E-state index contributed by atoms with van der Waals surface area (Å²) < 4.78 is 5.26. The molecule has 2 aliphatic rings. The Labute approximate surface area is 108 Å². The van der Waals surface area contributed by atoms with Crippen LogP contribution in [0.4, 0.5) is 0 Å².